The fraction of sp³-hybridized carbons (Fsp3) is 0.259. The number of hydrogen-bond donors (Lipinski definition) is 1. The molecule has 0 bridgehead atoms. The lowest BCUT2D eigenvalue weighted by molar-refractivity contribution is 0.0689. The van der Waals surface area contributed by atoms with Gasteiger partial charge in [0, 0.05) is 29.7 Å². The number of benzene rings is 2. The van der Waals surface area contributed by atoms with Gasteiger partial charge in [-0.2, -0.15) is 0 Å². The Balaban J connectivity index is 1.24. The van der Waals surface area contributed by atoms with E-state index in [2.05, 4.69) is 15.3 Å². The number of likely N-dealkylation sites (tertiary alicyclic amines) is 1. The molecule has 4 aromatic rings. The molecule has 1 aliphatic carbocycles. The molecule has 0 spiro atoms. The van der Waals surface area contributed by atoms with Gasteiger partial charge in [0.25, 0.3) is 11.8 Å². The third-order valence-corrected chi connectivity index (χ3v) is 6.87. The molecule has 1 saturated heterocycles. The smallest absolute Gasteiger partial charge is 0.258 e. The van der Waals surface area contributed by atoms with E-state index in [9.17, 15) is 9.59 Å². The van der Waals surface area contributed by atoms with Crippen molar-refractivity contribution in [3.05, 3.63) is 84.0 Å². The van der Waals surface area contributed by atoms with Crippen molar-refractivity contribution in [2.24, 2.45) is 5.92 Å². The summed E-state index contributed by atoms with van der Waals surface area (Å²) >= 11 is 0. The van der Waals surface area contributed by atoms with E-state index < -0.39 is 0 Å². The molecule has 7 heteroatoms. The molecule has 2 aromatic carbocycles. The summed E-state index contributed by atoms with van der Waals surface area (Å²) in [5, 5.41) is 3.83. The van der Waals surface area contributed by atoms with Gasteiger partial charge in [-0.3, -0.25) is 9.59 Å². The van der Waals surface area contributed by atoms with Crippen molar-refractivity contribution in [3.8, 4) is 11.3 Å². The highest BCUT2D eigenvalue weighted by molar-refractivity contribution is 6.06. The molecule has 1 saturated carbocycles. The minimum absolute atomic E-state index is 0.0614. The maximum Gasteiger partial charge on any atom is 0.258 e. The van der Waals surface area contributed by atoms with Crippen LogP contribution >= 0.6 is 0 Å². The van der Waals surface area contributed by atoms with Crippen molar-refractivity contribution in [2.75, 3.05) is 6.54 Å². The van der Waals surface area contributed by atoms with Crippen molar-refractivity contribution in [1.29, 1.82) is 0 Å². The van der Waals surface area contributed by atoms with Crippen LogP contribution in [0, 0.1) is 12.8 Å². The number of hydrogen-bond acceptors (Lipinski definition) is 5. The number of rotatable bonds is 5. The van der Waals surface area contributed by atoms with Gasteiger partial charge >= 0.3 is 0 Å². The number of piperidine rings is 1. The third kappa shape index (κ3) is 3.53. The number of nitrogens with one attached hydrogen (secondary N) is 1. The Morgan fingerprint density at radius 3 is 2.76 bits per heavy atom. The summed E-state index contributed by atoms with van der Waals surface area (Å²) in [6.45, 7) is 2.23. The molecule has 1 N–H and O–H groups in total. The highest BCUT2D eigenvalue weighted by Crippen LogP contribution is 2.48. The van der Waals surface area contributed by atoms with Crippen molar-refractivity contribution in [2.45, 2.75) is 31.8 Å². The van der Waals surface area contributed by atoms with Gasteiger partial charge in [0.05, 0.1) is 29.1 Å². The van der Waals surface area contributed by atoms with Crippen LogP contribution in [0.15, 0.2) is 71.5 Å². The molecular weight excluding hydrogens is 428 g/mol. The molecule has 34 heavy (non-hydrogen) atoms. The largest absolute Gasteiger partial charge is 0.464 e. The fourth-order valence-corrected chi connectivity index (χ4v) is 5.14. The van der Waals surface area contributed by atoms with Gasteiger partial charge in [0.15, 0.2) is 0 Å². The van der Waals surface area contributed by atoms with E-state index in [1.165, 1.54) is 0 Å². The number of aromatic nitrogens is 2. The highest BCUT2D eigenvalue weighted by atomic mass is 16.3. The zero-order chi connectivity index (χ0) is 23.2. The predicted octanol–water partition coefficient (Wildman–Crippen LogP) is 4.23. The van der Waals surface area contributed by atoms with Crippen molar-refractivity contribution >= 4 is 22.8 Å². The number of fused-ring (bicyclic) bond motifs is 2. The Morgan fingerprint density at radius 2 is 1.91 bits per heavy atom. The van der Waals surface area contributed by atoms with Crippen LogP contribution in [0.3, 0.4) is 0 Å². The van der Waals surface area contributed by atoms with Gasteiger partial charge < -0.3 is 14.6 Å². The van der Waals surface area contributed by atoms with Crippen molar-refractivity contribution in [3.63, 3.8) is 0 Å². The van der Waals surface area contributed by atoms with Crippen LogP contribution in [0.5, 0.6) is 0 Å². The molecular formula is C27H24N4O3. The van der Waals surface area contributed by atoms with Gasteiger partial charge in [0.1, 0.15) is 11.4 Å². The van der Waals surface area contributed by atoms with Gasteiger partial charge in [-0.15, -0.1) is 0 Å². The van der Waals surface area contributed by atoms with E-state index in [-0.39, 0.29) is 23.9 Å². The SMILES string of the molecule is Cc1ncc(C(=O)N2[C@H](CNC(=O)c3cccc4occc34)C[C@@H]3C[C@@H]32)c(-c2ccccc2)n1. The van der Waals surface area contributed by atoms with E-state index in [4.69, 9.17) is 4.42 Å². The average molecular weight is 453 g/mol. The quantitative estimate of drug-likeness (QED) is 0.490. The minimum atomic E-state index is -0.163. The average Bonchev–Trinajstić information content (AvgIpc) is 3.27. The van der Waals surface area contributed by atoms with Gasteiger partial charge in [0.2, 0.25) is 0 Å². The maximum absolute atomic E-state index is 13.8. The molecule has 3 atom stereocenters. The molecule has 1 aliphatic heterocycles. The number of furan rings is 1. The predicted molar refractivity (Wildman–Crippen MR) is 127 cm³/mol. The van der Waals surface area contributed by atoms with Crippen molar-refractivity contribution in [1.82, 2.24) is 20.2 Å². The molecule has 0 radical (unpaired) electrons. The Labute approximate surface area is 196 Å². The Kier molecular flexibility index (Phi) is 4.90. The number of carbonyl (C=O) groups is 2. The summed E-state index contributed by atoms with van der Waals surface area (Å²) < 4.78 is 5.42. The van der Waals surface area contributed by atoms with Crippen molar-refractivity contribution < 1.29 is 14.0 Å². The second kappa shape index (κ2) is 8.09. The Hall–Kier alpha value is -4.00. The highest BCUT2D eigenvalue weighted by Gasteiger charge is 2.54. The topological polar surface area (TPSA) is 88.3 Å². The molecule has 0 unspecified atom stereocenters. The molecule has 7 nitrogen and oxygen atoms in total. The van der Waals surface area contributed by atoms with Crippen LogP contribution in [0.25, 0.3) is 22.2 Å². The Bertz CT molecular complexity index is 1400. The molecule has 2 aromatic heterocycles. The number of nitrogens with zero attached hydrogens (tertiary/aromatic N) is 3. The normalized spacial score (nSPS) is 20.9. The van der Waals surface area contributed by atoms with Crippen LogP contribution in [0.2, 0.25) is 0 Å². The summed E-state index contributed by atoms with van der Waals surface area (Å²) in [7, 11) is 0. The van der Waals surface area contributed by atoms with Gasteiger partial charge in [-0.05, 0) is 43.9 Å². The van der Waals surface area contributed by atoms with E-state index in [1.54, 1.807) is 24.6 Å². The maximum atomic E-state index is 13.8. The standard InChI is InChI=1S/C27H24N4O3/c1-16-28-15-22(25(30-16)17-6-3-2-4-7-17)27(33)31-19(12-18-13-23(18)31)14-29-26(32)21-8-5-9-24-20(21)10-11-34-24/h2-11,15,18-19,23H,12-14H2,1H3,(H,29,32)/t18-,19+,23+/m1/s1. The lowest BCUT2D eigenvalue weighted by atomic mass is 10.0. The van der Waals surface area contributed by atoms with Crippen LogP contribution in [-0.2, 0) is 0 Å². The second-order valence-corrected chi connectivity index (χ2v) is 9.06. The fourth-order valence-electron chi connectivity index (χ4n) is 5.14. The van der Waals surface area contributed by atoms with Gasteiger partial charge in [-0.1, -0.05) is 36.4 Å². The monoisotopic (exact) mass is 452 g/mol. The van der Waals surface area contributed by atoms with E-state index in [0.29, 0.717) is 40.7 Å². The van der Waals surface area contributed by atoms with Crippen LogP contribution < -0.4 is 5.32 Å². The lowest BCUT2D eigenvalue weighted by Crippen LogP contribution is -2.45. The number of aryl methyl sites for hydroxylation is 1. The summed E-state index contributed by atoms with van der Waals surface area (Å²) in [4.78, 5) is 37.6. The van der Waals surface area contributed by atoms with Crippen LogP contribution in [0.4, 0.5) is 0 Å². The minimum Gasteiger partial charge on any atom is -0.464 e. The number of carbonyl (C=O) groups excluding carboxylic acids is 2. The summed E-state index contributed by atoms with van der Waals surface area (Å²) in [5.74, 6) is 0.886. The molecule has 3 heterocycles. The van der Waals surface area contributed by atoms with Crippen LogP contribution in [-0.4, -0.2) is 45.3 Å². The molecule has 2 amide bonds. The first-order valence-electron chi connectivity index (χ1n) is 11.6. The molecule has 2 fully saturated rings. The first kappa shape index (κ1) is 20.6. The lowest BCUT2D eigenvalue weighted by Gasteiger charge is -2.28. The third-order valence-electron chi connectivity index (χ3n) is 6.87. The zero-order valence-electron chi connectivity index (χ0n) is 18.8. The molecule has 2 aliphatic rings. The number of amides is 2. The first-order chi connectivity index (χ1) is 16.6. The Morgan fingerprint density at radius 1 is 1.06 bits per heavy atom. The summed E-state index contributed by atoms with van der Waals surface area (Å²) in [6, 6.07) is 17.1. The first-order valence-corrected chi connectivity index (χ1v) is 11.6. The molecule has 6 rings (SSSR count). The zero-order valence-corrected chi connectivity index (χ0v) is 18.8. The van der Waals surface area contributed by atoms with E-state index in [1.807, 2.05) is 54.3 Å². The summed E-state index contributed by atoms with van der Waals surface area (Å²) in [6.07, 6.45) is 5.12. The van der Waals surface area contributed by atoms with Gasteiger partial charge in [-0.25, -0.2) is 9.97 Å². The second-order valence-electron chi connectivity index (χ2n) is 9.06. The summed E-state index contributed by atoms with van der Waals surface area (Å²) in [5.41, 5.74) is 3.30. The molecule has 170 valence electrons. The van der Waals surface area contributed by atoms with Crippen LogP contribution in [0.1, 0.15) is 39.4 Å². The van der Waals surface area contributed by atoms with E-state index in [0.717, 1.165) is 23.8 Å². The van der Waals surface area contributed by atoms with E-state index >= 15 is 0 Å².